The van der Waals surface area contributed by atoms with Gasteiger partial charge < -0.3 is 10.1 Å². The Balaban J connectivity index is 3.33. The number of hydrogen-bond acceptors (Lipinski definition) is 3. The summed E-state index contributed by atoms with van der Waals surface area (Å²) < 4.78 is 13.3. The number of aliphatic hydroxyl groups is 1. The highest BCUT2D eigenvalue weighted by Gasteiger charge is 2.12. The molecular weight excluding hydrogens is 183 g/mol. The van der Waals surface area contributed by atoms with E-state index in [0.717, 1.165) is 0 Å². The SMILES string of the molecule is CCc1c(F)ccc(N(C)N)c1CO. The first-order chi connectivity index (χ1) is 6.61. The van der Waals surface area contributed by atoms with Crippen LogP contribution < -0.4 is 10.9 Å². The Bertz CT molecular complexity index is 326. The van der Waals surface area contributed by atoms with Crippen molar-refractivity contribution in [2.24, 2.45) is 5.84 Å². The zero-order valence-corrected chi connectivity index (χ0v) is 8.42. The summed E-state index contributed by atoms with van der Waals surface area (Å²) >= 11 is 0. The third kappa shape index (κ3) is 1.86. The third-order valence-electron chi connectivity index (χ3n) is 2.24. The third-order valence-corrected chi connectivity index (χ3v) is 2.24. The summed E-state index contributed by atoms with van der Waals surface area (Å²) in [5.74, 6) is 5.27. The van der Waals surface area contributed by atoms with Crippen LogP contribution in [-0.4, -0.2) is 12.2 Å². The molecule has 0 aliphatic heterocycles. The Labute approximate surface area is 82.9 Å². The predicted molar refractivity (Wildman–Crippen MR) is 54.3 cm³/mol. The number of hydrazine groups is 1. The molecule has 14 heavy (non-hydrogen) atoms. The van der Waals surface area contributed by atoms with Crippen LogP contribution in [0.2, 0.25) is 0 Å². The molecule has 3 nitrogen and oxygen atoms in total. The molecule has 4 heteroatoms. The van der Waals surface area contributed by atoms with Gasteiger partial charge in [0.15, 0.2) is 0 Å². The van der Waals surface area contributed by atoms with Crippen molar-refractivity contribution >= 4 is 5.69 Å². The number of benzene rings is 1. The van der Waals surface area contributed by atoms with Crippen LogP contribution in [0.15, 0.2) is 12.1 Å². The summed E-state index contributed by atoms with van der Waals surface area (Å²) in [5, 5.41) is 10.5. The highest BCUT2D eigenvalue weighted by molar-refractivity contribution is 5.55. The van der Waals surface area contributed by atoms with E-state index < -0.39 is 0 Å². The average Bonchev–Trinajstić information content (AvgIpc) is 2.16. The van der Waals surface area contributed by atoms with Crippen molar-refractivity contribution in [3.8, 4) is 0 Å². The molecule has 0 atom stereocenters. The fourth-order valence-electron chi connectivity index (χ4n) is 1.54. The number of hydrogen-bond donors (Lipinski definition) is 2. The summed E-state index contributed by atoms with van der Waals surface area (Å²) in [6.45, 7) is 1.65. The van der Waals surface area contributed by atoms with Crippen molar-refractivity contribution in [3.63, 3.8) is 0 Å². The van der Waals surface area contributed by atoms with Crippen LogP contribution in [-0.2, 0) is 13.0 Å². The molecule has 0 radical (unpaired) electrons. The second-order valence-corrected chi connectivity index (χ2v) is 3.15. The molecule has 0 unspecified atom stereocenters. The molecule has 0 aliphatic rings. The molecule has 3 N–H and O–H groups in total. The van der Waals surface area contributed by atoms with Gasteiger partial charge in [-0.15, -0.1) is 0 Å². The number of halogens is 1. The maximum atomic E-state index is 13.3. The first-order valence-electron chi connectivity index (χ1n) is 4.51. The zero-order valence-electron chi connectivity index (χ0n) is 8.42. The minimum Gasteiger partial charge on any atom is -0.392 e. The van der Waals surface area contributed by atoms with Crippen LogP contribution in [0.5, 0.6) is 0 Å². The number of nitrogens with zero attached hydrogens (tertiary/aromatic N) is 1. The van der Waals surface area contributed by atoms with Crippen molar-refractivity contribution in [1.82, 2.24) is 0 Å². The predicted octanol–water partition coefficient (Wildman–Crippen LogP) is 1.19. The number of rotatable bonds is 3. The second kappa shape index (κ2) is 4.39. The molecule has 1 aromatic rings. The molecule has 0 heterocycles. The lowest BCUT2D eigenvalue weighted by atomic mass is 10.0. The van der Waals surface area contributed by atoms with Gasteiger partial charge in [0.25, 0.3) is 0 Å². The van der Waals surface area contributed by atoms with E-state index >= 15 is 0 Å². The first kappa shape index (κ1) is 10.9. The Kier molecular flexibility index (Phi) is 3.43. The fourth-order valence-corrected chi connectivity index (χ4v) is 1.54. The van der Waals surface area contributed by atoms with E-state index in [0.29, 0.717) is 23.2 Å². The van der Waals surface area contributed by atoms with Crippen molar-refractivity contribution < 1.29 is 9.50 Å². The number of aliphatic hydroxyl groups excluding tert-OH is 1. The van der Waals surface area contributed by atoms with Gasteiger partial charge in [0, 0.05) is 12.6 Å². The van der Waals surface area contributed by atoms with Gasteiger partial charge in [-0.1, -0.05) is 6.92 Å². The van der Waals surface area contributed by atoms with Gasteiger partial charge in [0.2, 0.25) is 0 Å². The van der Waals surface area contributed by atoms with E-state index in [2.05, 4.69) is 0 Å². The summed E-state index contributed by atoms with van der Waals surface area (Å²) in [5.41, 5.74) is 1.76. The maximum absolute atomic E-state index is 13.3. The van der Waals surface area contributed by atoms with E-state index in [-0.39, 0.29) is 12.4 Å². The second-order valence-electron chi connectivity index (χ2n) is 3.15. The van der Waals surface area contributed by atoms with Gasteiger partial charge in [-0.3, -0.25) is 0 Å². The van der Waals surface area contributed by atoms with E-state index in [4.69, 9.17) is 10.9 Å². The molecule has 0 spiro atoms. The normalized spacial score (nSPS) is 10.4. The summed E-state index contributed by atoms with van der Waals surface area (Å²) in [7, 11) is 1.66. The van der Waals surface area contributed by atoms with E-state index in [1.165, 1.54) is 11.1 Å². The topological polar surface area (TPSA) is 49.5 Å². The smallest absolute Gasteiger partial charge is 0.126 e. The summed E-state index contributed by atoms with van der Waals surface area (Å²) in [4.78, 5) is 0. The molecule has 78 valence electrons. The van der Waals surface area contributed by atoms with Gasteiger partial charge in [0.05, 0.1) is 12.3 Å². The molecule has 0 aliphatic carbocycles. The van der Waals surface area contributed by atoms with Crippen molar-refractivity contribution in [2.75, 3.05) is 12.1 Å². The van der Waals surface area contributed by atoms with Crippen LogP contribution in [0.1, 0.15) is 18.1 Å². The van der Waals surface area contributed by atoms with Gasteiger partial charge in [-0.25, -0.2) is 10.2 Å². The van der Waals surface area contributed by atoms with Crippen LogP contribution in [0, 0.1) is 5.82 Å². The zero-order chi connectivity index (χ0) is 10.7. The largest absolute Gasteiger partial charge is 0.392 e. The summed E-state index contributed by atoms with van der Waals surface area (Å²) in [6.07, 6.45) is 0.545. The monoisotopic (exact) mass is 198 g/mol. The van der Waals surface area contributed by atoms with Crippen molar-refractivity contribution in [1.29, 1.82) is 0 Å². The van der Waals surface area contributed by atoms with E-state index in [1.54, 1.807) is 13.1 Å². The highest BCUT2D eigenvalue weighted by atomic mass is 19.1. The molecule has 0 aromatic heterocycles. The fraction of sp³-hybridized carbons (Fsp3) is 0.400. The Hall–Kier alpha value is -1.13. The minimum atomic E-state index is -0.290. The molecule has 1 aromatic carbocycles. The maximum Gasteiger partial charge on any atom is 0.126 e. The van der Waals surface area contributed by atoms with Crippen LogP contribution in [0.3, 0.4) is 0 Å². The van der Waals surface area contributed by atoms with E-state index in [9.17, 15) is 4.39 Å². The Morgan fingerprint density at radius 3 is 2.50 bits per heavy atom. The molecule has 0 amide bonds. The van der Waals surface area contributed by atoms with E-state index in [1.807, 2.05) is 6.92 Å². The van der Waals surface area contributed by atoms with Crippen LogP contribution >= 0.6 is 0 Å². The average molecular weight is 198 g/mol. The van der Waals surface area contributed by atoms with Crippen molar-refractivity contribution in [2.45, 2.75) is 20.0 Å². The van der Waals surface area contributed by atoms with Gasteiger partial charge in [0.1, 0.15) is 5.82 Å². The molecule has 0 bridgehead atoms. The highest BCUT2D eigenvalue weighted by Crippen LogP contribution is 2.24. The van der Waals surface area contributed by atoms with Gasteiger partial charge in [-0.05, 0) is 24.1 Å². The molecule has 1 rings (SSSR count). The van der Waals surface area contributed by atoms with Crippen molar-refractivity contribution in [3.05, 3.63) is 29.1 Å². The Morgan fingerprint density at radius 2 is 2.07 bits per heavy atom. The molecular formula is C10H15FN2O. The standard InChI is InChI=1S/C10H15FN2O/c1-3-7-8(6-14)10(13(2)12)5-4-9(7)11/h4-5,14H,3,6,12H2,1-2H3. The minimum absolute atomic E-state index is 0.197. The first-order valence-corrected chi connectivity index (χ1v) is 4.51. The molecule has 0 saturated carbocycles. The van der Waals surface area contributed by atoms with Crippen LogP contribution in [0.4, 0.5) is 10.1 Å². The van der Waals surface area contributed by atoms with Gasteiger partial charge in [-0.2, -0.15) is 0 Å². The molecule has 0 fully saturated rings. The van der Waals surface area contributed by atoms with Gasteiger partial charge >= 0.3 is 0 Å². The lowest BCUT2D eigenvalue weighted by Crippen LogP contribution is -2.26. The Morgan fingerprint density at radius 1 is 1.43 bits per heavy atom. The van der Waals surface area contributed by atoms with Crippen LogP contribution in [0.25, 0.3) is 0 Å². The lowest BCUT2D eigenvalue weighted by Gasteiger charge is -2.18. The quantitative estimate of drug-likeness (QED) is 0.566. The number of nitrogens with two attached hydrogens (primary N) is 1. The molecule has 0 saturated heterocycles. The summed E-state index contributed by atoms with van der Waals surface area (Å²) in [6, 6.07) is 2.94. The number of anilines is 1. The lowest BCUT2D eigenvalue weighted by molar-refractivity contribution is 0.280.